The van der Waals surface area contributed by atoms with Crippen LogP contribution in [0.25, 0.3) is 0 Å². The Morgan fingerprint density at radius 3 is 2.64 bits per heavy atom. The molecule has 1 unspecified atom stereocenters. The average Bonchev–Trinajstić information content (AvgIpc) is 2.85. The minimum atomic E-state index is 0.109. The van der Waals surface area contributed by atoms with Crippen LogP contribution in [0.5, 0.6) is 0 Å². The number of nitrogens with one attached hydrogen (secondary N) is 1. The van der Waals surface area contributed by atoms with E-state index < -0.39 is 0 Å². The minimum absolute atomic E-state index is 0.109. The molecule has 0 radical (unpaired) electrons. The largest absolute Gasteiger partial charge is 0.356 e. The van der Waals surface area contributed by atoms with Crippen molar-refractivity contribution >= 4 is 17.7 Å². The lowest BCUT2D eigenvalue weighted by atomic mass is 10.1. The van der Waals surface area contributed by atoms with Gasteiger partial charge < -0.3 is 9.88 Å². The van der Waals surface area contributed by atoms with E-state index in [1.54, 1.807) is 11.8 Å². The SMILES string of the molecule is CCCC(C)C(=O)NCCCc1nnc(SC)n1CC(C)C. The normalized spacial score (nSPS) is 12.6. The highest BCUT2D eigenvalue weighted by Crippen LogP contribution is 2.16. The molecule has 0 bridgehead atoms. The zero-order valence-electron chi connectivity index (χ0n) is 14.6. The van der Waals surface area contributed by atoms with Gasteiger partial charge >= 0.3 is 0 Å². The molecule has 1 amide bonds. The van der Waals surface area contributed by atoms with Crippen LogP contribution in [0.1, 0.15) is 52.8 Å². The summed E-state index contributed by atoms with van der Waals surface area (Å²) in [7, 11) is 0. The Balaban J connectivity index is 2.45. The van der Waals surface area contributed by atoms with Crippen molar-refractivity contribution in [3.63, 3.8) is 0 Å². The van der Waals surface area contributed by atoms with Gasteiger partial charge in [-0.3, -0.25) is 4.79 Å². The summed E-state index contributed by atoms with van der Waals surface area (Å²) < 4.78 is 2.21. The van der Waals surface area contributed by atoms with E-state index in [0.29, 0.717) is 12.5 Å². The molecule has 1 heterocycles. The van der Waals surface area contributed by atoms with E-state index in [1.807, 2.05) is 13.2 Å². The number of carbonyl (C=O) groups is 1. The molecule has 126 valence electrons. The first-order valence-corrected chi connectivity index (χ1v) is 9.45. The van der Waals surface area contributed by atoms with Crippen LogP contribution >= 0.6 is 11.8 Å². The van der Waals surface area contributed by atoms with Crippen LogP contribution in [0, 0.1) is 11.8 Å². The van der Waals surface area contributed by atoms with Gasteiger partial charge in [0.2, 0.25) is 5.91 Å². The Hall–Kier alpha value is -1.04. The van der Waals surface area contributed by atoms with Gasteiger partial charge in [-0.15, -0.1) is 10.2 Å². The first-order chi connectivity index (χ1) is 10.5. The maximum absolute atomic E-state index is 11.9. The number of rotatable bonds is 10. The highest BCUT2D eigenvalue weighted by molar-refractivity contribution is 7.98. The lowest BCUT2D eigenvalue weighted by Gasteiger charge is -2.13. The number of hydrogen-bond donors (Lipinski definition) is 1. The number of nitrogens with zero attached hydrogens (tertiary/aromatic N) is 3. The third-order valence-corrected chi connectivity index (χ3v) is 4.24. The van der Waals surface area contributed by atoms with Crippen molar-refractivity contribution in [2.24, 2.45) is 11.8 Å². The molecule has 0 aromatic carbocycles. The molecule has 0 saturated carbocycles. The van der Waals surface area contributed by atoms with E-state index >= 15 is 0 Å². The van der Waals surface area contributed by atoms with Gasteiger partial charge in [0, 0.05) is 25.4 Å². The summed E-state index contributed by atoms with van der Waals surface area (Å²) in [5.41, 5.74) is 0. The number of aryl methyl sites for hydroxylation is 1. The second-order valence-corrected chi connectivity index (χ2v) is 6.97. The van der Waals surface area contributed by atoms with Crippen LogP contribution < -0.4 is 5.32 Å². The highest BCUT2D eigenvalue weighted by atomic mass is 32.2. The molecule has 1 rings (SSSR count). The summed E-state index contributed by atoms with van der Waals surface area (Å²) in [6.07, 6.45) is 5.77. The van der Waals surface area contributed by atoms with Gasteiger partial charge in [0.1, 0.15) is 5.82 Å². The zero-order valence-corrected chi connectivity index (χ0v) is 15.4. The lowest BCUT2D eigenvalue weighted by Crippen LogP contribution is -2.30. The second-order valence-electron chi connectivity index (χ2n) is 6.19. The molecule has 22 heavy (non-hydrogen) atoms. The number of carbonyl (C=O) groups excluding carboxylic acids is 1. The van der Waals surface area contributed by atoms with E-state index in [2.05, 4.69) is 40.9 Å². The smallest absolute Gasteiger partial charge is 0.222 e. The third-order valence-electron chi connectivity index (χ3n) is 3.57. The molecular formula is C16H30N4OS. The van der Waals surface area contributed by atoms with E-state index in [0.717, 1.165) is 43.2 Å². The number of amides is 1. The topological polar surface area (TPSA) is 59.8 Å². The van der Waals surface area contributed by atoms with Crippen LogP contribution in [0.4, 0.5) is 0 Å². The highest BCUT2D eigenvalue weighted by Gasteiger charge is 2.13. The molecule has 1 atom stereocenters. The predicted molar refractivity (Wildman–Crippen MR) is 92.0 cm³/mol. The van der Waals surface area contributed by atoms with Crippen LogP contribution in [0.3, 0.4) is 0 Å². The number of thioether (sulfide) groups is 1. The second kappa shape index (κ2) is 9.87. The fraction of sp³-hybridized carbons (Fsp3) is 0.812. The van der Waals surface area contributed by atoms with Gasteiger partial charge in [-0.05, 0) is 25.0 Å². The minimum Gasteiger partial charge on any atom is -0.356 e. The molecule has 0 fully saturated rings. The van der Waals surface area contributed by atoms with E-state index in [9.17, 15) is 4.79 Å². The fourth-order valence-electron chi connectivity index (χ4n) is 2.40. The maximum Gasteiger partial charge on any atom is 0.222 e. The van der Waals surface area contributed by atoms with Gasteiger partial charge in [0.15, 0.2) is 5.16 Å². The lowest BCUT2D eigenvalue weighted by molar-refractivity contribution is -0.124. The molecule has 1 aromatic rings. The average molecular weight is 327 g/mol. The Labute approximate surface area is 138 Å². The Morgan fingerprint density at radius 2 is 2.05 bits per heavy atom. The summed E-state index contributed by atoms with van der Waals surface area (Å²) in [5.74, 6) is 1.86. The quantitative estimate of drug-likeness (QED) is 0.530. The van der Waals surface area contributed by atoms with Crippen molar-refractivity contribution in [1.29, 1.82) is 0 Å². The third kappa shape index (κ3) is 5.99. The van der Waals surface area contributed by atoms with Gasteiger partial charge in [-0.2, -0.15) is 0 Å². The fourth-order valence-corrected chi connectivity index (χ4v) is 2.92. The number of aromatic nitrogens is 3. The van der Waals surface area contributed by atoms with E-state index in [-0.39, 0.29) is 11.8 Å². The summed E-state index contributed by atoms with van der Waals surface area (Å²) in [6, 6.07) is 0. The zero-order chi connectivity index (χ0) is 16.5. The van der Waals surface area contributed by atoms with Crippen LogP contribution in [0.15, 0.2) is 5.16 Å². The van der Waals surface area contributed by atoms with Gasteiger partial charge in [-0.25, -0.2) is 0 Å². The molecule has 0 saturated heterocycles. The van der Waals surface area contributed by atoms with Crippen molar-refractivity contribution in [3.05, 3.63) is 5.82 Å². The molecule has 0 aliphatic heterocycles. The molecule has 6 heteroatoms. The van der Waals surface area contributed by atoms with Crippen molar-refractivity contribution in [2.45, 2.75) is 65.1 Å². The molecule has 1 aromatic heterocycles. The van der Waals surface area contributed by atoms with Crippen molar-refractivity contribution in [3.8, 4) is 0 Å². The van der Waals surface area contributed by atoms with Crippen molar-refractivity contribution in [2.75, 3.05) is 12.8 Å². The predicted octanol–water partition coefficient (Wildman–Crippen LogP) is 3.14. The monoisotopic (exact) mass is 326 g/mol. The van der Waals surface area contributed by atoms with E-state index in [1.165, 1.54) is 0 Å². The van der Waals surface area contributed by atoms with Crippen LogP contribution in [0.2, 0.25) is 0 Å². The molecule has 0 aliphatic carbocycles. The first kappa shape index (κ1) is 19.0. The first-order valence-electron chi connectivity index (χ1n) is 8.23. The summed E-state index contributed by atoms with van der Waals surface area (Å²) >= 11 is 1.63. The Bertz CT molecular complexity index is 459. The van der Waals surface area contributed by atoms with Gasteiger partial charge in [-0.1, -0.05) is 45.9 Å². The standard InChI is InChI=1S/C16H30N4OS/c1-6-8-13(4)15(21)17-10-7-9-14-18-19-16(22-5)20(14)11-12(2)3/h12-13H,6-11H2,1-5H3,(H,17,21). The Kier molecular flexibility index (Phi) is 8.53. The summed E-state index contributed by atoms with van der Waals surface area (Å²) in [6.45, 7) is 10.1. The number of hydrogen-bond acceptors (Lipinski definition) is 4. The van der Waals surface area contributed by atoms with E-state index in [4.69, 9.17) is 0 Å². The molecule has 0 spiro atoms. The maximum atomic E-state index is 11.9. The van der Waals surface area contributed by atoms with Gasteiger partial charge in [0.05, 0.1) is 0 Å². The molecular weight excluding hydrogens is 296 g/mol. The summed E-state index contributed by atoms with van der Waals surface area (Å²) in [5, 5.41) is 12.5. The van der Waals surface area contributed by atoms with Crippen molar-refractivity contribution < 1.29 is 4.79 Å². The Morgan fingerprint density at radius 1 is 1.32 bits per heavy atom. The molecule has 5 nitrogen and oxygen atoms in total. The molecule has 1 N–H and O–H groups in total. The molecule has 0 aliphatic rings. The van der Waals surface area contributed by atoms with Crippen LogP contribution in [-0.4, -0.2) is 33.5 Å². The summed E-state index contributed by atoms with van der Waals surface area (Å²) in [4.78, 5) is 11.9. The van der Waals surface area contributed by atoms with Crippen molar-refractivity contribution in [1.82, 2.24) is 20.1 Å². The van der Waals surface area contributed by atoms with Gasteiger partial charge in [0.25, 0.3) is 0 Å². The van der Waals surface area contributed by atoms with Crippen LogP contribution in [-0.2, 0) is 17.8 Å².